The molecule has 33 heavy (non-hydrogen) atoms. The summed E-state index contributed by atoms with van der Waals surface area (Å²) in [5, 5.41) is 21.2. The van der Waals surface area contributed by atoms with E-state index in [9.17, 15) is 14.6 Å². The van der Waals surface area contributed by atoms with Crippen molar-refractivity contribution in [2.45, 2.75) is 62.7 Å². The lowest BCUT2D eigenvalue weighted by Gasteiger charge is -2.32. The van der Waals surface area contributed by atoms with Crippen LogP contribution in [0.1, 0.15) is 43.9 Å². The maximum absolute atomic E-state index is 13.9. The first-order valence-electron chi connectivity index (χ1n) is 11.2. The van der Waals surface area contributed by atoms with E-state index in [1.165, 1.54) is 38.0 Å². The van der Waals surface area contributed by atoms with Gasteiger partial charge in [-0.1, -0.05) is 43.2 Å². The monoisotopic (exact) mass is 451 g/mol. The van der Waals surface area contributed by atoms with Crippen LogP contribution in [0.4, 0.5) is 10.2 Å². The van der Waals surface area contributed by atoms with Gasteiger partial charge in [0.05, 0.1) is 11.9 Å². The Morgan fingerprint density at radius 1 is 1.09 bits per heavy atom. The molecule has 2 fully saturated rings. The maximum Gasteiger partial charge on any atom is 0.167 e. The number of nitrogens with zero attached hydrogens (tertiary/aromatic N) is 5. The minimum Gasteiger partial charge on any atom is -0.386 e. The number of rotatable bonds is 3. The Morgan fingerprint density at radius 3 is 2.67 bits per heavy atom. The molecular formula is C24H26FN5O3. The van der Waals surface area contributed by atoms with E-state index >= 15 is 0 Å². The molecule has 8 nitrogen and oxygen atoms in total. The number of aliphatic hydroxyl groups excluding tert-OH is 2. The number of aromatic nitrogens is 4. The molecule has 2 aromatic heterocycles. The molecule has 1 aliphatic carbocycles. The highest BCUT2D eigenvalue weighted by molar-refractivity contribution is 5.83. The van der Waals surface area contributed by atoms with Gasteiger partial charge in [-0.25, -0.2) is 19.3 Å². The van der Waals surface area contributed by atoms with Gasteiger partial charge in [0.2, 0.25) is 0 Å². The molecule has 2 aliphatic rings. The van der Waals surface area contributed by atoms with Crippen LogP contribution >= 0.6 is 0 Å². The van der Waals surface area contributed by atoms with Crippen LogP contribution in [0.3, 0.4) is 0 Å². The fourth-order valence-electron chi connectivity index (χ4n) is 4.65. The molecule has 172 valence electrons. The average molecular weight is 452 g/mol. The van der Waals surface area contributed by atoms with E-state index in [4.69, 9.17) is 4.74 Å². The molecular weight excluding hydrogens is 425 g/mol. The molecule has 1 aliphatic heterocycles. The van der Waals surface area contributed by atoms with Gasteiger partial charge in [-0.05, 0) is 25.0 Å². The van der Waals surface area contributed by atoms with Crippen molar-refractivity contribution in [2.24, 2.45) is 0 Å². The highest BCUT2D eigenvalue weighted by atomic mass is 19.1. The van der Waals surface area contributed by atoms with Gasteiger partial charge in [0, 0.05) is 13.1 Å². The number of imidazole rings is 1. The van der Waals surface area contributed by atoms with E-state index in [0.717, 1.165) is 18.7 Å². The number of hydrogen-bond acceptors (Lipinski definition) is 7. The van der Waals surface area contributed by atoms with E-state index in [2.05, 4.69) is 31.7 Å². The van der Waals surface area contributed by atoms with Crippen molar-refractivity contribution in [3.63, 3.8) is 0 Å². The third kappa shape index (κ3) is 4.06. The second kappa shape index (κ2) is 9.06. The van der Waals surface area contributed by atoms with Crippen molar-refractivity contribution in [3.05, 3.63) is 48.3 Å². The smallest absolute Gasteiger partial charge is 0.167 e. The van der Waals surface area contributed by atoms with Crippen LogP contribution < -0.4 is 4.90 Å². The van der Waals surface area contributed by atoms with Crippen LogP contribution in [0.2, 0.25) is 0 Å². The normalized spacial score (nSPS) is 25.7. The summed E-state index contributed by atoms with van der Waals surface area (Å²) in [4.78, 5) is 15.5. The second-order valence-electron chi connectivity index (χ2n) is 8.60. The van der Waals surface area contributed by atoms with Crippen molar-refractivity contribution in [3.8, 4) is 11.8 Å². The number of hydrogen-bond donors (Lipinski definition) is 2. The number of anilines is 1. The van der Waals surface area contributed by atoms with E-state index in [1.54, 1.807) is 22.8 Å². The number of aliphatic hydroxyl groups is 2. The molecule has 5 rings (SSSR count). The Bertz CT molecular complexity index is 1200. The zero-order valence-corrected chi connectivity index (χ0v) is 18.3. The Balaban J connectivity index is 1.42. The van der Waals surface area contributed by atoms with E-state index < -0.39 is 30.4 Å². The van der Waals surface area contributed by atoms with Gasteiger partial charge in [0.25, 0.3) is 0 Å². The van der Waals surface area contributed by atoms with Gasteiger partial charge in [-0.2, -0.15) is 0 Å². The third-order valence-electron chi connectivity index (χ3n) is 6.53. The molecule has 9 heteroatoms. The van der Waals surface area contributed by atoms with Crippen LogP contribution in [0, 0.1) is 17.7 Å². The summed E-state index contributed by atoms with van der Waals surface area (Å²) < 4.78 is 21.3. The molecule has 0 amide bonds. The summed E-state index contributed by atoms with van der Waals surface area (Å²) in [6, 6.07) is 6.51. The summed E-state index contributed by atoms with van der Waals surface area (Å²) >= 11 is 0. The van der Waals surface area contributed by atoms with E-state index in [1.807, 2.05) is 7.05 Å². The maximum atomic E-state index is 13.9. The van der Waals surface area contributed by atoms with Crippen LogP contribution in [0.5, 0.6) is 0 Å². The number of ether oxygens (including phenoxy) is 1. The lowest BCUT2D eigenvalue weighted by molar-refractivity contribution is -0.0230. The standard InChI is InChI=1S/C24H26FN5O3/c1-29(16-8-3-2-4-9-16)22-19-23(27-13-26-22)30(14-28-19)24-21(32)20(31)18(33-24)12-11-15-7-5-6-10-17(15)25/h5-7,10,13-14,16,18,20-21,24,31-32H,2-4,8-9H2,1H3/t18-,20-,21-,24-/m1/s1. The molecule has 2 N–H and O–H groups in total. The summed E-state index contributed by atoms with van der Waals surface area (Å²) in [6.07, 6.45) is 4.45. The Kier molecular flexibility index (Phi) is 5.98. The summed E-state index contributed by atoms with van der Waals surface area (Å²) in [6.45, 7) is 0. The van der Waals surface area contributed by atoms with Gasteiger partial charge >= 0.3 is 0 Å². The fourth-order valence-corrected chi connectivity index (χ4v) is 4.65. The molecule has 0 bridgehead atoms. The van der Waals surface area contributed by atoms with Crippen LogP contribution in [0.25, 0.3) is 11.2 Å². The first kappa shape index (κ1) is 21.8. The summed E-state index contributed by atoms with van der Waals surface area (Å²) in [7, 11) is 2.02. The van der Waals surface area contributed by atoms with Gasteiger partial charge in [0.15, 0.2) is 23.2 Å². The van der Waals surface area contributed by atoms with E-state index in [0.29, 0.717) is 17.2 Å². The van der Waals surface area contributed by atoms with Crippen LogP contribution in [-0.4, -0.2) is 61.1 Å². The van der Waals surface area contributed by atoms with Gasteiger partial charge in [-0.15, -0.1) is 0 Å². The quantitative estimate of drug-likeness (QED) is 0.591. The third-order valence-corrected chi connectivity index (χ3v) is 6.53. The highest BCUT2D eigenvalue weighted by Gasteiger charge is 2.44. The molecule has 1 aromatic carbocycles. The molecule has 4 atom stereocenters. The Labute approximate surface area is 191 Å². The Hall–Kier alpha value is -3.06. The first-order valence-corrected chi connectivity index (χ1v) is 11.2. The molecule has 0 radical (unpaired) electrons. The van der Waals surface area contributed by atoms with Crippen molar-refractivity contribution >= 4 is 17.0 Å². The topological polar surface area (TPSA) is 96.5 Å². The predicted molar refractivity (Wildman–Crippen MR) is 120 cm³/mol. The average Bonchev–Trinajstić information content (AvgIpc) is 3.39. The van der Waals surface area contributed by atoms with Gasteiger partial charge in [-0.3, -0.25) is 4.57 Å². The second-order valence-corrected chi connectivity index (χ2v) is 8.60. The van der Waals surface area contributed by atoms with Crippen LogP contribution in [-0.2, 0) is 4.74 Å². The summed E-state index contributed by atoms with van der Waals surface area (Å²) in [5.74, 6) is 5.70. The van der Waals surface area contributed by atoms with Crippen LogP contribution in [0.15, 0.2) is 36.9 Å². The van der Waals surface area contributed by atoms with Crippen molar-refractivity contribution in [2.75, 3.05) is 11.9 Å². The number of fused-ring (bicyclic) bond motifs is 1. The molecule has 1 saturated heterocycles. The zero-order valence-electron chi connectivity index (χ0n) is 18.3. The predicted octanol–water partition coefficient (Wildman–Crippen LogP) is 2.41. The van der Waals surface area contributed by atoms with Crippen molar-refractivity contribution < 1.29 is 19.3 Å². The molecule has 0 unspecified atom stereocenters. The number of halogens is 1. The highest BCUT2D eigenvalue weighted by Crippen LogP contribution is 2.34. The first-order chi connectivity index (χ1) is 16.0. The van der Waals surface area contributed by atoms with Crippen molar-refractivity contribution in [1.82, 2.24) is 19.5 Å². The van der Waals surface area contributed by atoms with E-state index in [-0.39, 0.29) is 5.56 Å². The SMILES string of the molecule is CN(c1ncnc2c1ncn2[C@@H]1O[C@H](C#Cc2ccccc2F)[C@@H](O)[C@H]1O)C1CCCCC1. The van der Waals surface area contributed by atoms with Gasteiger partial charge in [0.1, 0.15) is 30.5 Å². The number of benzene rings is 1. The largest absolute Gasteiger partial charge is 0.386 e. The summed E-state index contributed by atoms with van der Waals surface area (Å²) in [5.41, 5.74) is 1.31. The minimum atomic E-state index is -1.27. The lowest BCUT2D eigenvalue weighted by atomic mass is 9.94. The zero-order chi connectivity index (χ0) is 22.9. The van der Waals surface area contributed by atoms with Gasteiger partial charge < -0.3 is 19.8 Å². The molecule has 3 aromatic rings. The fraction of sp³-hybridized carbons (Fsp3) is 0.458. The molecule has 0 spiro atoms. The minimum absolute atomic E-state index is 0.197. The lowest BCUT2D eigenvalue weighted by Crippen LogP contribution is -2.34. The van der Waals surface area contributed by atoms with Crippen molar-refractivity contribution in [1.29, 1.82) is 0 Å². The molecule has 1 saturated carbocycles. The molecule has 3 heterocycles. The Morgan fingerprint density at radius 2 is 1.88 bits per heavy atom.